The molecule has 2 aromatic carbocycles. The number of aromatic nitrogens is 3. The van der Waals surface area contributed by atoms with Gasteiger partial charge in [0.05, 0.1) is 0 Å². The van der Waals surface area contributed by atoms with Crippen molar-refractivity contribution in [2.75, 3.05) is 0 Å². The van der Waals surface area contributed by atoms with Crippen molar-refractivity contribution in [3.05, 3.63) is 83.9 Å². The van der Waals surface area contributed by atoms with E-state index in [4.69, 9.17) is 0 Å². The minimum atomic E-state index is -0.554. The zero-order valence-electron chi connectivity index (χ0n) is 12.3. The van der Waals surface area contributed by atoms with E-state index in [2.05, 4.69) is 22.2 Å². The molecule has 0 spiro atoms. The van der Waals surface area contributed by atoms with E-state index in [1.165, 1.54) is 18.0 Å². The van der Waals surface area contributed by atoms with Gasteiger partial charge in [-0.05, 0) is 0 Å². The second-order valence-corrected chi connectivity index (χ2v) is 7.57. The third-order valence-electron chi connectivity index (χ3n) is 3.42. The molecule has 0 radical (unpaired) electrons. The van der Waals surface area contributed by atoms with Gasteiger partial charge in [0.15, 0.2) is 0 Å². The molecule has 3 nitrogen and oxygen atoms in total. The molecule has 1 atom stereocenters. The van der Waals surface area contributed by atoms with Crippen LogP contribution < -0.4 is 0 Å². The van der Waals surface area contributed by atoms with E-state index in [1.807, 2.05) is 18.2 Å². The first kappa shape index (κ1) is 15.8. The second kappa shape index (κ2) is 7.49. The molecule has 0 saturated heterocycles. The summed E-state index contributed by atoms with van der Waals surface area (Å²) in [6.07, 6.45) is 3.08. The topological polar surface area (TPSA) is 30.7 Å². The average Bonchev–Trinajstić information content (AvgIpc) is 3.06. The van der Waals surface area contributed by atoms with Gasteiger partial charge in [-0.15, -0.1) is 0 Å². The van der Waals surface area contributed by atoms with E-state index in [1.54, 1.807) is 17.1 Å². The fourth-order valence-corrected chi connectivity index (χ4v) is 4.82. The van der Waals surface area contributed by atoms with Gasteiger partial charge in [-0.3, -0.25) is 0 Å². The van der Waals surface area contributed by atoms with E-state index < -0.39 is 11.6 Å². The van der Waals surface area contributed by atoms with Gasteiger partial charge in [-0.1, -0.05) is 0 Å². The predicted molar refractivity (Wildman–Crippen MR) is 85.0 cm³/mol. The van der Waals surface area contributed by atoms with Gasteiger partial charge in [-0.25, -0.2) is 0 Å². The van der Waals surface area contributed by atoms with Crippen molar-refractivity contribution in [1.82, 2.24) is 14.8 Å². The van der Waals surface area contributed by atoms with Crippen LogP contribution in [0.3, 0.4) is 0 Å². The predicted octanol–water partition coefficient (Wildman–Crippen LogP) is 3.20. The van der Waals surface area contributed by atoms with Gasteiger partial charge in [0, 0.05) is 0 Å². The van der Waals surface area contributed by atoms with Crippen molar-refractivity contribution in [3.8, 4) is 0 Å². The average molecular weight is 378 g/mol. The monoisotopic (exact) mass is 379 g/mol. The van der Waals surface area contributed by atoms with Crippen LogP contribution in [0.15, 0.2) is 61.2 Å². The van der Waals surface area contributed by atoms with Crippen LogP contribution in [-0.2, 0) is 11.9 Å². The van der Waals surface area contributed by atoms with Crippen molar-refractivity contribution in [3.63, 3.8) is 0 Å². The molecule has 0 bridgehead atoms. The molecular weight excluding hydrogens is 363 g/mol. The van der Waals surface area contributed by atoms with Gasteiger partial charge >= 0.3 is 139 Å². The number of rotatable bonds is 6. The quantitative estimate of drug-likeness (QED) is 0.617. The van der Waals surface area contributed by atoms with Crippen LogP contribution in [0.25, 0.3) is 0 Å². The van der Waals surface area contributed by atoms with Gasteiger partial charge in [0.2, 0.25) is 0 Å². The first-order valence-electron chi connectivity index (χ1n) is 7.15. The molecule has 6 heteroatoms. The summed E-state index contributed by atoms with van der Waals surface area (Å²) in [4.78, 5) is 3.89. The molecule has 0 aliphatic carbocycles. The number of nitrogens with zero attached hydrogens (tertiary/aromatic N) is 3. The fourth-order valence-electron chi connectivity index (χ4n) is 2.27. The van der Waals surface area contributed by atoms with Crippen molar-refractivity contribution in [2.45, 2.75) is 16.7 Å². The molecule has 0 aliphatic rings. The fraction of sp³-hybridized carbons (Fsp3) is 0.176. The van der Waals surface area contributed by atoms with Crippen LogP contribution in [0.2, 0.25) is 0 Å². The standard InChI is InChI=1S/C17H15F2N3Se/c18-14-6-7-15(16(19)8-14)17(9-22-12-20-11-21-22)23-10-13-4-2-1-3-5-13/h1-8,11-12,17H,9-10H2. The van der Waals surface area contributed by atoms with E-state index in [0.717, 1.165) is 11.4 Å². The summed E-state index contributed by atoms with van der Waals surface area (Å²) in [6.45, 7) is 0.537. The number of halogens is 2. The van der Waals surface area contributed by atoms with E-state index in [-0.39, 0.29) is 19.8 Å². The van der Waals surface area contributed by atoms with Crippen LogP contribution in [0.1, 0.15) is 15.9 Å². The summed E-state index contributed by atoms with van der Waals surface area (Å²) in [5, 5.41) is 4.98. The maximum absolute atomic E-state index is 14.2. The van der Waals surface area contributed by atoms with Gasteiger partial charge in [-0.2, -0.15) is 0 Å². The van der Waals surface area contributed by atoms with Gasteiger partial charge in [0.1, 0.15) is 0 Å². The van der Waals surface area contributed by atoms with Gasteiger partial charge < -0.3 is 0 Å². The molecule has 3 rings (SSSR count). The molecule has 3 aromatic rings. The molecule has 1 aromatic heterocycles. The van der Waals surface area contributed by atoms with Crippen LogP contribution in [0.4, 0.5) is 8.78 Å². The van der Waals surface area contributed by atoms with E-state index >= 15 is 0 Å². The van der Waals surface area contributed by atoms with E-state index in [0.29, 0.717) is 12.1 Å². The van der Waals surface area contributed by atoms with Crippen LogP contribution in [-0.4, -0.2) is 29.7 Å². The van der Waals surface area contributed by atoms with Crippen molar-refractivity contribution < 1.29 is 8.78 Å². The number of benzene rings is 2. The Hall–Kier alpha value is -2.04. The molecular formula is C17H15F2N3Se. The summed E-state index contributed by atoms with van der Waals surface area (Å²) >= 11 is 0.103. The zero-order chi connectivity index (χ0) is 16.1. The Morgan fingerprint density at radius 3 is 2.61 bits per heavy atom. The minimum absolute atomic E-state index is 0.0370. The Bertz CT molecular complexity index is 748. The molecule has 0 N–H and O–H groups in total. The van der Waals surface area contributed by atoms with Gasteiger partial charge in [0.25, 0.3) is 0 Å². The molecule has 0 fully saturated rings. The summed E-state index contributed by atoms with van der Waals surface area (Å²) in [5.74, 6) is -1.05. The van der Waals surface area contributed by atoms with Crippen molar-refractivity contribution in [1.29, 1.82) is 0 Å². The Kier molecular flexibility index (Phi) is 5.16. The molecule has 1 heterocycles. The number of hydrogen-bond donors (Lipinski definition) is 0. The van der Waals surface area contributed by atoms with Crippen LogP contribution in [0.5, 0.6) is 0 Å². The zero-order valence-corrected chi connectivity index (χ0v) is 14.0. The number of hydrogen-bond acceptors (Lipinski definition) is 2. The molecule has 0 amide bonds. The maximum atomic E-state index is 14.2. The molecule has 1 unspecified atom stereocenters. The van der Waals surface area contributed by atoms with E-state index in [9.17, 15) is 8.78 Å². The molecule has 0 aliphatic heterocycles. The summed E-state index contributed by atoms with van der Waals surface area (Å²) in [7, 11) is 0. The summed E-state index contributed by atoms with van der Waals surface area (Å²) in [5.41, 5.74) is 1.76. The summed E-state index contributed by atoms with van der Waals surface area (Å²) < 4.78 is 29.1. The Morgan fingerprint density at radius 2 is 1.91 bits per heavy atom. The SMILES string of the molecule is Fc1ccc(C(Cn2cncn2)[Se]Cc2ccccc2)c(F)c1. The molecule has 23 heavy (non-hydrogen) atoms. The molecule has 0 saturated carbocycles. The summed E-state index contributed by atoms with van der Waals surface area (Å²) in [6, 6.07) is 13.9. The van der Waals surface area contributed by atoms with Crippen LogP contribution >= 0.6 is 0 Å². The Balaban J connectivity index is 1.81. The second-order valence-electron chi connectivity index (χ2n) is 5.07. The van der Waals surface area contributed by atoms with Crippen molar-refractivity contribution >= 4 is 15.0 Å². The first-order valence-corrected chi connectivity index (χ1v) is 9.35. The van der Waals surface area contributed by atoms with Crippen LogP contribution in [0, 0.1) is 11.6 Å². The van der Waals surface area contributed by atoms with Crippen molar-refractivity contribution in [2.24, 2.45) is 0 Å². The normalized spacial score (nSPS) is 12.3. The third kappa shape index (κ3) is 4.24. The molecule has 118 valence electrons. The third-order valence-corrected chi connectivity index (χ3v) is 6.16. The first-order chi connectivity index (χ1) is 11.2. The Morgan fingerprint density at radius 1 is 1.09 bits per heavy atom. The Labute approximate surface area is 139 Å².